The van der Waals surface area contributed by atoms with E-state index in [0.29, 0.717) is 58.0 Å². The van der Waals surface area contributed by atoms with Crippen LogP contribution in [0.4, 0.5) is 0 Å². The highest BCUT2D eigenvalue weighted by atomic mass is 16.5. The van der Waals surface area contributed by atoms with Gasteiger partial charge >= 0.3 is 11.8 Å². The third-order valence-corrected chi connectivity index (χ3v) is 6.20. The van der Waals surface area contributed by atoms with Gasteiger partial charge in [0.1, 0.15) is 0 Å². The van der Waals surface area contributed by atoms with E-state index in [2.05, 4.69) is 5.10 Å². The molecular formula is C24H31N5O4. The Morgan fingerprint density at radius 3 is 1.97 bits per heavy atom. The van der Waals surface area contributed by atoms with E-state index in [1.165, 1.54) is 4.90 Å². The summed E-state index contributed by atoms with van der Waals surface area (Å²) in [5.41, 5.74) is 3.52. The van der Waals surface area contributed by atoms with Crippen molar-refractivity contribution in [1.82, 2.24) is 24.5 Å². The van der Waals surface area contributed by atoms with Crippen molar-refractivity contribution in [2.24, 2.45) is 0 Å². The molecule has 0 atom stereocenters. The van der Waals surface area contributed by atoms with E-state index in [1.807, 2.05) is 49.7 Å². The molecular weight excluding hydrogens is 422 g/mol. The largest absolute Gasteiger partial charge is 0.378 e. The molecule has 1 aromatic carbocycles. The van der Waals surface area contributed by atoms with Crippen LogP contribution in [0.15, 0.2) is 30.5 Å². The fraction of sp³-hybridized carbons (Fsp3) is 0.500. The van der Waals surface area contributed by atoms with Gasteiger partial charge in [0.15, 0.2) is 0 Å². The minimum absolute atomic E-state index is 0.0938. The minimum atomic E-state index is -0.501. The Morgan fingerprint density at radius 1 is 0.848 bits per heavy atom. The van der Waals surface area contributed by atoms with E-state index < -0.39 is 11.8 Å². The first-order valence-electron chi connectivity index (χ1n) is 11.5. The van der Waals surface area contributed by atoms with Crippen LogP contribution in [0.1, 0.15) is 41.4 Å². The van der Waals surface area contributed by atoms with Crippen molar-refractivity contribution in [3.63, 3.8) is 0 Å². The van der Waals surface area contributed by atoms with Gasteiger partial charge < -0.3 is 19.4 Å². The lowest BCUT2D eigenvalue weighted by atomic mass is 10.0. The van der Waals surface area contributed by atoms with Gasteiger partial charge in [-0.25, -0.2) is 4.68 Å². The second-order valence-corrected chi connectivity index (χ2v) is 8.83. The number of morpholine rings is 1. The topological polar surface area (TPSA) is 88.0 Å². The first kappa shape index (κ1) is 23.0. The summed E-state index contributed by atoms with van der Waals surface area (Å²) in [6.45, 7) is 9.35. The smallest absolute Gasteiger partial charge is 0.312 e. The summed E-state index contributed by atoms with van der Waals surface area (Å²) in [4.78, 5) is 43.3. The van der Waals surface area contributed by atoms with E-state index in [0.717, 1.165) is 16.9 Å². The lowest BCUT2D eigenvalue weighted by Gasteiger charge is -2.36. The Labute approximate surface area is 193 Å². The maximum Gasteiger partial charge on any atom is 0.312 e. The average molecular weight is 454 g/mol. The fourth-order valence-corrected chi connectivity index (χ4v) is 4.29. The normalized spacial score (nSPS) is 16.9. The summed E-state index contributed by atoms with van der Waals surface area (Å²) in [6, 6.07) is 8.05. The lowest BCUT2D eigenvalue weighted by Crippen LogP contribution is -2.55. The molecule has 3 heterocycles. The standard InChI is InChI=1S/C24H31N5O4/c1-17(2)21-20(16-25-29(21)19-6-4-18(3)5-7-19)22(30)26-8-10-27(11-9-26)23(31)24(32)28-12-14-33-15-13-28/h4-7,16-17H,8-15H2,1-3H3. The predicted octanol–water partition coefficient (Wildman–Crippen LogP) is 1.45. The monoisotopic (exact) mass is 453 g/mol. The SMILES string of the molecule is Cc1ccc(-n2ncc(C(=O)N3CCN(C(=O)C(=O)N4CCOCC4)CC3)c2C(C)C)cc1. The van der Waals surface area contributed by atoms with Gasteiger partial charge in [-0.15, -0.1) is 0 Å². The highest BCUT2D eigenvalue weighted by molar-refractivity contribution is 6.35. The van der Waals surface area contributed by atoms with Crippen LogP contribution in [0, 0.1) is 6.92 Å². The number of benzene rings is 1. The number of hydrogen-bond donors (Lipinski definition) is 0. The fourth-order valence-electron chi connectivity index (χ4n) is 4.29. The van der Waals surface area contributed by atoms with Crippen LogP contribution in [0.5, 0.6) is 0 Å². The summed E-state index contributed by atoms with van der Waals surface area (Å²) >= 11 is 0. The van der Waals surface area contributed by atoms with Crippen molar-refractivity contribution in [3.8, 4) is 5.69 Å². The summed E-state index contributed by atoms with van der Waals surface area (Å²) in [5, 5.41) is 4.52. The van der Waals surface area contributed by atoms with Crippen LogP contribution in [-0.4, -0.2) is 94.7 Å². The Balaban J connectivity index is 1.44. The summed E-state index contributed by atoms with van der Waals surface area (Å²) in [7, 11) is 0. The molecule has 1 aromatic heterocycles. The molecule has 33 heavy (non-hydrogen) atoms. The van der Waals surface area contributed by atoms with Crippen LogP contribution in [0.3, 0.4) is 0 Å². The van der Waals surface area contributed by atoms with Crippen LogP contribution in [0.25, 0.3) is 5.69 Å². The second kappa shape index (κ2) is 9.74. The van der Waals surface area contributed by atoms with Crippen LogP contribution < -0.4 is 0 Å². The third-order valence-electron chi connectivity index (χ3n) is 6.20. The van der Waals surface area contributed by atoms with Crippen molar-refractivity contribution in [3.05, 3.63) is 47.3 Å². The molecule has 0 bridgehead atoms. The molecule has 0 spiro atoms. The lowest BCUT2D eigenvalue weighted by molar-refractivity contribution is -0.154. The maximum atomic E-state index is 13.4. The first-order valence-corrected chi connectivity index (χ1v) is 11.5. The molecule has 0 N–H and O–H groups in total. The van der Waals surface area contributed by atoms with E-state index in [1.54, 1.807) is 16.0 Å². The Kier molecular flexibility index (Phi) is 6.78. The van der Waals surface area contributed by atoms with Crippen LogP contribution in [-0.2, 0) is 14.3 Å². The van der Waals surface area contributed by atoms with Gasteiger partial charge in [-0.2, -0.15) is 5.10 Å². The number of aromatic nitrogens is 2. The van der Waals surface area contributed by atoms with E-state index in [-0.39, 0.29) is 11.8 Å². The van der Waals surface area contributed by atoms with E-state index >= 15 is 0 Å². The molecule has 2 aromatic rings. The molecule has 4 rings (SSSR count). The molecule has 0 saturated carbocycles. The number of carbonyl (C=O) groups is 3. The van der Waals surface area contributed by atoms with Gasteiger partial charge in [-0.05, 0) is 25.0 Å². The number of nitrogens with zero attached hydrogens (tertiary/aromatic N) is 5. The first-order chi connectivity index (χ1) is 15.9. The van der Waals surface area contributed by atoms with Crippen LogP contribution >= 0.6 is 0 Å². The van der Waals surface area contributed by atoms with Gasteiger partial charge in [-0.3, -0.25) is 14.4 Å². The molecule has 176 valence electrons. The van der Waals surface area contributed by atoms with E-state index in [4.69, 9.17) is 4.74 Å². The van der Waals surface area contributed by atoms with Gasteiger partial charge in [0, 0.05) is 39.3 Å². The number of ether oxygens (including phenoxy) is 1. The minimum Gasteiger partial charge on any atom is -0.378 e. The van der Waals surface area contributed by atoms with Crippen molar-refractivity contribution >= 4 is 17.7 Å². The average Bonchev–Trinajstić information content (AvgIpc) is 3.29. The Hall–Kier alpha value is -3.20. The molecule has 3 amide bonds. The highest BCUT2D eigenvalue weighted by Crippen LogP contribution is 2.25. The number of amides is 3. The van der Waals surface area contributed by atoms with Gasteiger partial charge in [0.2, 0.25) is 0 Å². The maximum absolute atomic E-state index is 13.4. The summed E-state index contributed by atoms with van der Waals surface area (Å²) < 4.78 is 7.08. The molecule has 2 aliphatic rings. The predicted molar refractivity (Wildman–Crippen MR) is 122 cm³/mol. The molecule has 9 heteroatoms. The Morgan fingerprint density at radius 2 is 1.39 bits per heavy atom. The zero-order chi connectivity index (χ0) is 23.5. The van der Waals surface area contributed by atoms with E-state index in [9.17, 15) is 14.4 Å². The van der Waals surface area contributed by atoms with Crippen molar-refractivity contribution in [2.45, 2.75) is 26.7 Å². The number of piperazine rings is 1. The van der Waals surface area contributed by atoms with Gasteiger partial charge in [0.05, 0.1) is 36.4 Å². The van der Waals surface area contributed by atoms with Crippen molar-refractivity contribution in [2.75, 3.05) is 52.5 Å². The highest BCUT2D eigenvalue weighted by Gasteiger charge is 2.33. The van der Waals surface area contributed by atoms with Crippen LogP contribution in [0.2, 0.25) is 0 Å². The number of aryl methyl sites for hydroxylation is 1. The number of carbonyl (C=O) groups excluding carboxylic acids is 3. The van der Waals surface area contributed by atoms with Crippen molar-refractivity contribution in [1.29, 1.82) is 0 Å². The summed E-state index contributed by atoms with van der Waals surface area (Å²) in [6.07, 6.45) is 1.64. The third kappa shape index (κ3) is 4.78. The molecule has 2 saturated heterocycles. The molecule has 0 unspecified atom stereocenters. The number of hydrogen-bond acceptors (Lipinski definition) is 5. The van der Waals surface area contributed by atoms with Gasteiger partial charge in [-0.1, -0.05) is 31.5 Å². The number of rotatable bonds is 3. The van der Waals surface area contributed by atoms with Crippen molar-refractivity contribution < 1.29 is 19.1 Å². The van der Waals surface area contributed by atoms with Gasteiger partial charge in [0.25, 0.3) is 5.91 Å². The molecule has 2 aliphatic heterocycles. The molecule has 2 fully saturated rings. The molecule has 0 aliphatic carbocycles. The Bertz CT molecular complexity index is 1020. The zero-order valence-electron chi connectivity index (χ0n) is 19.5. The summed E-state index contributed by atoms with van der Waals surface area (Å²) in [5.74, 6) is -0.982. The molecule has 9 nitrogen and oxygen atoms in total. The zero-order valence-corrected chi connectivity index (χ0v) is 19.5. The second-order valence-electron chi connectivity index (χ2n) is 8.83. The quantitative estimate of drug-likeness (QED) is 0.657. The molecule has 0 radical (unpaired) electrons.